The van der Waals surface area contributed by atoms with E-state index in [2.05, 4.69) is 13.1 Å². The number of nitrogens with zero attached hydrogens (tertiary/aromatic N) is 1. The third-order valence-electron chi connectivity index (χ3n) is 2.21. The molecule has 1 heterocycles. The van der Waals surface area contributed by atoms with Crippen LogP contribution < -0.4 is 8.12 Å². The maximum absolute atomic E-state index is 11.7. The molecular weight excluding hydrogens is 268 g/mol. The molecule has 0 unspecified atom stereocenters. The van der Waals surface area contributed by atoms with E-state index in [1.54, 1.807) is 24.4 Å². The summed E-state index contributed by atoms with van der Waals surface area (Å²) in [5, 5.41) is 0. The molecule has 0 aliphatic rings. The summed E-state index contributed by atoms with van der Waals surface area (Å²) < 4.78 is 6.20. The van der Waals surface area contributed by atoms with Crippen LogP contribution in [0.1, 0.15) is 10.5 Å². The number of pyridine rings is 1. The first-order valence-electron chi connectivity index (χ1n) is 5.34. The number of anilines is 1. The van der Waals surface area contributed by atoms with Crippen molar-refractivity contribution in [2.75, 3.05) is 4.06 Å². The zero-order valence-electron chi connectivity index (χ0n) is 9.26. The molecule has 0 bridgehead atoms. The molecule has 0 aliphatic heterocycles. The molecule has 0 spiro atoms. The van der Waals surface area contributed by atoms with Gasteiger partial charge in [0.05, 0.1) is 0 Å². The predicted molar refractivity (Wildman–Crippen MR) is 61.8 cm³/mol. The van der Waals surface area contributed by atoms with Crippen molar-refractivity contribution >= 4 is 11.6 Å². The SMILES string of the molecule is O=C([NH][Zn][NH]c1ccccc1)c1ccccn1. The van der Waals surface area contributed by atoms with Crippen LogP contribution in [0.4, 0.5) is 5.69 Å². The molecule has 0 saturated carbocycles. The van der Waals surface area contributed by atoms with Crippen molar-refractivity contribution in [2.24, 2.45) is 0 Å². The van der Waals surface area contributed by atoms with Crippen LogP contribution in [-0.2, 0) is 17.6 Å². The second kappa shape index (κ2) is 6.11. The summed E-state index contributed by atoms with van der Waals surface area (Å²) in [6, 6.07) is 15.2. The topological polar surface area (TPSA) is 54.0 Å². The van der Waals surface area contributed by atoms with Crippen molar-refractivity contribution in [3.63, 3.8) is 0 Å². The van der Waals surface area contributed by atoms with Gasteiger partial charge in [-0.15, -0.1) is 0 Å². The fraction of sp³-hybridized carbons (Fsp3) is 0. The van der Waals surface area contributed by atoms with Crippen LogP contribution in [-0.4, -0.2) is 10.9 Å². The quantitative estimate of drug-likeness (QED) is 0.839. The number of hydrogen-bond donors (Lipinski definition) is 2. The zero-order valence-corrected chi connectivity index (χ0v) is 12.2. The zero-order chi connectivity index (χ0) is 11.9. The average Bonchev–Trinajstić information content (AvgIpc) is 2.41. The van der Waals surface area contributed by atoms with E-state index in [1.165, 1.54) is 0 Å². The van der Waals surface area contributed by atoms with Crippen molar-refractivity contribution in [3.8, 4) is 0 Å². The Kier molecular flexibility index (Phi) is 4.22. The van der Waals surface area contributed by atoms with E-state index in [9.17, 15) is 4.79 Å². The first kappa shape index (κ1) is 11.7. The molecule has 2 N–H and O–H groups in total. The Hall–Kier alpha value is -1.74. The molecule has 0 saturated heterocycles. The van der Waals surface area contributed by atoms with Gasteiger partial charge in [-0.25, -0.2) is 0 Å². The molecule has 2 rings (SSSR count). The van der Waals surface area contributed by atoms with Crippen LogP contribution in [0.3, 0.4) is 0 Å². The van der Waals surface area contributed by atoms with Crippen LogP contribution in [0.25, 0.3) is 0 Å². The first-order valence-corrected chi connectivity index (χ1v) is 8.31. The first-order chi connectivity index (χ1) is 8.36. The third kappa shape index (κ3) is 3.64. The van der Waals surface area contributed by atoms with E-state index < -0.39 is 17.6 Å². The van der Waals surface area contributed by atoms with E-state index in [-0.39, 0.29) is 5.91 Å². The van der Waals surface area contributed by atoms with Gasteiger partial charge in [-0.2, -0.15) is 0 Å². The number of carbonyl (C=O) groups excluding carboxylic acids is 1. The number of benzene rings is 1. The van der Waals surface area contributed by atoms with Gasteiger partial charge >= 0.3 is 108 Å². The predicted octanol–water partition coefficient (Wildman–Crippen LogP) is 1.84. The molecule has 0 atom stereocenters. The van der Waals surface area contributed by atoms with Crippen LogP contribution in [0.5, 0.6) is 0 Å². The van der Waals surface area contributed by atoms with Crippen LogP contribution in [0.15, 0.2) is 54.7 Å². The van der Waals surface area contributed by atoms with Gasteiger partial charge in [-0.05, 0) is 0 Å². The van der Waals surface area contributed by atoms with Crippen molar-refractivity contribution in [1.29, 1.82) is 0 Å². The van der Waals surface area contributed by atoms with Gasteiger partial charge in [-0.1, -0.05) is 0 Å². The summed E-state index contributed by atoms with van der Waals surface area (Å²) in [6.07, 6.45) is 1.62. The van der Waals surface area contributed by atoms with Gasteiger partial charge in [0.15, 0.2) is 0 Å². The summed E-state index contributed by atoms with van der Waals surface area (Å²) in [5.41, 5.74) is 1.52. The Balaban J connectivity index is 1.82. The molecular formula is C12H11N3OZn. The molecule has 0 radical (unpaired) electrons. The monoisotopic (exact) mass is 277 g/mol. The second-order valence-corrected chi connectivity index (χ2v) is 5.67. The van der Waals surface area contributed by atoms with Gasteiger partial charge in [0.2, 0.25) is 0 Å². The minimum absolute atomic E-state index is 0.103. The number of amides is 1. The Morgan fingerprint density at radius 3 is 2.53 bits per heavy atom. The van der Waals surface area contributed by atoms with Crippen molar-refractivity contribution < 1.29 is 22.4 Å². The van der Waals surface area contributed by atoms with Gasteiger partial charge in [-0.3, -0.25) is 0 Å². The van der Waals surface area contributed by atoms with Gasteiger partial charge < -0.3 is 0 Å². The van der Waals surface area contributed by atoms with E-state index in [4.69, 9.17) is 0 Å². The molecule has 4 nitrogen and oxygen atoms in total. The van der Waals surface area contributed by atoms with Crippen molar-refractivity contribution in [3.05, 3.63) is 60.4 Å². The summed E-state index contributed by atoms with van der Waals surface area (Å²) in [5.74, 6) is -0.103. The summed E-state index contributed by atoms with van der Waals surface area (Å²) in [4.78, 5) is 15.7. The Morgan fingerprint density at radius 2 is 1.82 bits per heavy atom. The van der Waals surface area contributed by atoms with Crippen molar-refractivity contribution in [2.45, 2.75) is 0 Å². The average molecular weight is 279 g/mol. The fourth-order valence-electron chi connectivity index (χ4n) is 1.37. The molecule has 2 aromatic rings. The number of para-hydroxylation sites is 1. The van der Waals surface area contributed by atoms with Crippen LogP contribution in [0.2, 0.25) is 0 Å². The molecule has 0 fully saturated rings. The normalized spacial score (nSPS) is 9.18. The number of carbonyl (C=O) groups is 1. The fourth-order valence-corrected chi connectivity index (χ4v) is 3.20. The number of rotatable bonds is 4. The van der Waals surface area contributed by atoms with E-state index >= 15 is 0 Å². The molecule has 17 heavy (non-hydrogen) atoms. The molecule has 1 amide bonds. The van der Waals surface area contributed by atoms with Crippen LogP contribution >= 0.6 is 0 Å². The molecule has 1 aromatic carbocycles. The summed E-state index contributed by atoms with van der Waals surface area (Å²) in [7, 11) is 0. The second-order valence-electron chi connectivity index (χ2n) is 3.44. The van der Waals surface area contributed by atoms with E-state index in [0.717, 1.165) is 5.69 Å². The van der Waals surface area contributed by atoms with Gasteiger partial charge in [0, 0.05) is 0 Å². The van der Waals surface area contributed by atoms with E-state index in [0.29, 0.717) is 5.69 Å². The molecule has 1 aromatic heterocycles. The Morgan fingerprint density at radius 1 is 1.06 bits per heavy atom. The Bertz CT molecular complexity index is 476. The number of aromatic nitrogens is 1. The minimum atomic E-state index is -1.30. The van der Waals surface area contributed by atoms with Crippen molar-refractivity contribution in [1.82, 2.24) is 9.04 Å². The molecule has 82 valence electrons. The molecule has 5 heteroatoms. The number of nitrogens with one attached hydrogen (secondary N) is 2. The van der Waals surface area contributed by atoms with Crippen LogP contribution in [0, 0.1) is 0 Å². The van der Waals surface area contributed by atoms with Gasteiger partial charge in [0.25, 0.3) is 0 Å². The Labute approximate surface area is 108 Å². The van der Waals surface area contributed by atoms with E-state index in [1.807, 2.05) is 30.3 Å². The summed E-state index contributed by atoms with van der Waals surface area (Å²) in [6.45, 7) is 0. The maximum atomic E-state index is 11.7. The molecule has 0 aliphatic carbocycles. The standard InChI is InChI=1S/C6H6N2O.C6H6N.Zn/c7-6(9)5-3-1-2-4-8-5;7-6-4-2-1-3-5-6;/h1-4H,(H2,7,9);1-5,7H;/q;-1;+2/p-1. The summed E-state index contributed by atoms with van der Waals surface area (Å²) >= 11 is -1.30. The third-order valence-corrected chi connectivity index (χ3v) is 4.48. The number of hydrogen-bond acceptors (Lipinski definition) is 3. The van der Waals surface area contributed by atoms with Gasteiger partial charge in [0.1, 0.15) is 0 Å².